The van der Waals surface area contributed by atoms with Crippen LogP contribution in [0.1, 0.15) is 16.6 Å². The maximum atomic E-state index is 10.7. The zero-order chi connectivity index (χ0) is 8.27. The molecular weight excluding hydrogens is 163 g/mol. The van der Waals surface area contributed by atoms with E-state index in [4.69, 9.17) is 5.02 Å². The number of hydrogen-bond acceptors (Lipinski definition) is 4. The van der Waals surface area contributed by atoms with Crippen LogP contribution in [-0.4, -0.2) is 18.5 Å². The Bertz CT molecular complexity index is 258. The van der Waals surface area contributed by atoms with E-state index >= 15 is 0 Å². The molecule has 0 atom stereocenters. The molecular formula is C6H6BO3S. The summed E-state index contributed by atoms with van der Waals surface area (Å²) in [5.74, 6) is 0.00258. The van der Waals surface area contributed by atoms with Crippen LogP contribution in [0.4, 0.5) is 0 Å². The largest absolute Gasteiger partial charge is 0.569 e. The predicted octanol–water partition coefficient (Wildman–Crippen LogP) is 0.856. The number of hydrogen-bond donors (Lipinski definition) is 1. The van der Waals surface area contributed by atoms with Gasteiger partial charge in [-0.3, -0.25) is 4.79 Å². The van der Waals surface area contributed by atoms with Gasteiger partial charge in [0.2, 0.25) is 0 Å². The van der Waals surface area contributed by atoms with Crippen molar-refractivity contribution in [3.63, 3.8) is 0 Å². The molecule has 0 spiro atoms. The normalized spacial score (nSPS) is 9.27. The van der Waals surface area contributed by atoms with Gasteiger partial charge in [-0.05, 0) is 19.1 Å². The predicted molar refractivity (Wildman–Crippen MR) is 42.9 cm³/mol. The van der Waals surface area contributed by atoms with E-state index in [1.54, 1.807) is 12.1 Å². The highest BCUT2D eigenvalue weighted by molar-refractivity contribution is 7.15. The van der Waals surface area contributed by atoms with Crippen molar-refractivity contribution >= 4 is 24.8 Å². The van der Waals surface area contributed by atoms with E-state index in [-0.39, 0.29) is 5.78 Å². The summed E-state index contributed by atoms with van der Waals surface area (Å²) >= 11 is 1.20. The molecule has 0 saturated heterocycles. The van der Waals surface area contributed by atoms with E-state index in [0.717, 1.165) is 0 Å². The van der Waals surface area contributed by atoms with E-state index in [0.29, 0.717) is 17.6 Å². The molecule has 1 N–H and O–H groups in total. The zero-order valence-electron chi connectivity index (χ0n) is 5.90. The summed E-state index contributed by atoms with van der Waals surface area (Å²) in [5, 5.41) is 8.75. The average molecular weight is 169 g/mol. The molecule has 5 heteroatoms. The minimum Gasteiger partial charge on any atom is -0.530 e. The van der Waals surface area contributed by atoms with Crippen molar-refractivity contribution in [3.8, 4) is 5.06 Å². The molecule has 0 unspecified atom stereocenters. The molecule has 3 nitrogen and oxygen atoms in total. The van der Waals surface area contributed by atoms with Crippen LogP contribution in [0.2, 0.25) is 0 Å². The number of carbonyl (C=O) groups is 1. The first-order chi connectivity index (χ1) is 5.24. The molecule has 57 valence electrons. The highest BCUT2D eigenvalue weighted by atomic mass is 32.1. The average Bonchev–Trinajstić information content (AvgIpc) is 2.37. The van der Waals surface area contributed by atoms with Gasteiger partial charge >= 0.3 is 7.69 Å². The number of Topliss-reactive ketones (excluding diaryl/α,β-unsaturated/α-hetero) is 1. The molecule has 1 radical (unpaired) electrons. The lowest BCUT2D eigenvalue weighted by Gasteiger charge is -1.92. The standard InChI is InChI=1S/C6H6BO3S/c1-4(8)5-2-3-6(11-5)10-7-9/h2-3,9H,1H3. The maximum absolute atomic E-state index is 10.7. The Kier molecular flexibility index (Phi) is 2.67. The molecule has 11 heavy (non-hydrogen) atoms. The second-order valence-electron chi connectivity index (χ2n) is 1.90. The van der Waals surface area contributed by atoms with Crippen molar-refractivity contribution in [2.45, 2.75) is 6.92 Å². The third-order valence-electron chi connectivity index (χ3n) is 1.10. The van der Waals surface area contributed by atoms with Crippen molar-refractivity contribution in [1.29, 1.82) is 0 Å². The second kappa shape index (κ2) is 3.55. The lowest BCUT2D eigenvalue weighted by molar-refractivity contribution is 0.102. The third-order valence-corrected chi connectivity index (χ3v) is 2.17. The van der Waals surface area contributed by atoms with Crippen molar-refractivity contribution in [3.05, 3.63) is 17.0 Å². The van der Waals surface area contributed by atoms with E-state index in [2.05, 4.69) is 4.65 Å². The lowest BCUT2D eigenvalue weighted by Crippen LogP contribution is -1.97. The van der Waals surface area contributed by atoms with Gasteiger partial charge in [-0.15, -0.1) is 0 Å². The van der Waals surface area contributed by atoms with Crippen LogP contribution in [0.3, 0.4) is 0 Å². The minimum atomic E-state index is 0.00258. The Morgan fingerprint density at radius 3 is 2.91 bits per heavy atom. The summed E-state index contributed by atoms with van der Waals surface area (Å²) in [7, 11) is 0.593. The minimum absolute atomic E-state index is 0.00258. The fourth-order valence-electron chi connectivity index (χ4n) is 0.625. The fourth-order valence-corrected chi connectivity index (χ4v) is 1.35. The topological polar surface area (TPSA) is 46.5 Å². The van der Waals surface area contributed by atoms with Gasteiger partial charge in [0, 0.05) is 0 Å². The molecule has 0 amide bonds. The van der Waals surface area contributed by atoms with Crippen molar-refractivity contribution in [2.75, 3.05) is 0 Å². The van der Waals surface area contributed by atoms with Crippen molar-refractivity contribution in [1.82, 2.24) is 0 Å². The van der Waals surface area contributed by atoms with Gasteiger partial charge in [-0.25, -0.2) is 0 Å². The third kappa shape index (κ3) is 2.06. The highest BCUT2D eigenvalue weighted by Gasteiger charge is 2.04. The van der Waals surface area contributed by atoms with Gasteiger partial charge < -0.3 is 9.68 Å². The van der Waals surface area contributed by atoms with E-state index in [1.807, 2.05) is 0 Å². The summed E-state index contributed by atoms with van der Waals surface area (Å²) in [4.78, 5) is 11.4. The van der Waals surface area contributed by atoms with Gasteiger partial charge in [0.15, 0.2) is 10.8 Å². The van der Waals surface area contributed by atoms with Gasteiger partial charge in [0.25, 0.3) is 0 Å². The van der Waals surface area contributed by atoms with Gasteiger partial charge in [-0.1, -0.05) is 11.3 Å². The van der Waals surface area contributed by atoms with Crippen LogP contribution in [0, 0.1) is 0 Å². The summed E-state index contributed by atoms with van der Waals surface area (Å²) in [5.41, 5.74) is 0. The monoisotopic (exact) mass is 169 g/mol. The first kappa shape index (κ1) is 8.29. The SMILES string of the molecule is CC(=O)c1ccc(O[B]O)s1. The lowest BCUT2D eigenvalue weighted by atomic mass is 10.3. The summed E-state index contributed by atoms with van der Waals surface area (Å²) in [6.07, 6.45) is 0. The van der Waals surface area contributed by atoms with Crippen molar-refractivity contribution < 1.29 is 14.5 Å². The molecule has 1 aromatic rings. The summed E-state index contributed by atoms with van der Waals surface area (Å²) in [6, 6.07) is 3.29. The van der Waals surface area contributed by atoms with Crippen LogP contribution >= 0.6 is 11.3 Å². The Labute approximate surface area is 68.9 Å². The fraction of sp³-hybridized carbons (Fsp3) is 0.167. The molecule has 1 rings (SSSR count). The number of rotatable bonds is 3. The van der Waals surface area contributed by atoms with Crippen LogP contribution in [0.25, 0.3) is 0 Å². The quantitative estimate of drug-likeness (QED) is 0.539. The van der Waals surface area contributed by atoms with Gasteiger partial charge in [0.1, 0.15) is 0 Å². The first-order valence-corrected chi connectivity index (χ1v) is 3.79. The number of thiophene rings is 1. The summed E-state index contributed by atoms with van der Waals surface area (Å²) in [6.45, 7) is 1.48. The Morgan fingerprint density at radius 1 is 1.73 bits per heavy atom. The van der Waals surface area contributed by atoms with E-state index in [9.17, 15) is 4.79 Å². The molecule has 0 saturated carbocycles. The van der Waals surface area contributed by atoms with Crippen LogP contribution in [-0.2, 0) is 0 Å². The molecule has 0 aliphatic rings. The van der Waals surface area contributed by atoms with Crippen LogP contribution in [0.15, 0.2) is 12.1 Å². The number of ketones is 1. The molecule has 0 aliphatic heterocycles. The molecule has 1 aromatic heterocycles. The molecule has 0 fully saturated rings. The smallest absolute Gasteiger partial charge is 0.530 e. The highest BCUT2D eigenvalue weighted by Crippen LogP contribution is 2.23. The summed E-state index contributed by atoms with van der Waals surface area (Å²) < 4.78 is 4.63. The molecule has 0 aromatic carbocycles. The first-order valence-electron chi connectivity index (χ1n) is 2.97. The Balaban J connectivity index is 2.73. The molecule has 0 bridgehead atoms. The maximum Gasteiger partial charge on any atom is 0.569 e. The van der Waals surface area contributed by atoms with E-state index in [1.165, 1.54) is 18.3 Å². The van der Waals surface area contributed by atoms with Gasteiger partial charge in [0.05, 0.1) is 4.88 Å². The van der Waals surface area contributed by atoms with Gasteiger partial charge in [-0.2, -0.15) is 0 Å². The number of carbonyl (C=O) groups excluding carboxylic acids is 1. The van der Waals surface area contributed by atoms with Crippen molar-refractivity contribution in [2.24, 2.45) is 0 Å². The van der Waals surface area contributed by atoms with E-state index < -0.39 is 0 Å². The van der Waals surface area contributed by atoms with Crippen LogP contribution < -0.4 is 4.65 Å². The Morgan fingerprint density at radius 2 is 2.45 bits per heavy atom. The zero-order valence-corrected chi connectivity index (χ0v) is 6.72. The molecule has 1 heterocycles. The molecule has 0 aliphatic carbocycles. The second-order valence-corrected chi connectivity index (χ2v) is 2.94. The Hall–Kier alpha value is -0.805. The van der Waals surface area contributed by atoms with Crippen LogP contribution in [0.5, 0.6) is 5.06 Å².